The molecule has 1 amide bonds. The number of carbonyl (C=O) groups is 1. The van der Waals surface area contributed by atoms with Gasteiger partial charge in [0.15, 0.2) is 5.58 Å². The van der Waals surface area contributed by atoms with Crippen molar-refractivity contribution in [2.75, 3.05) is 6.54 Å². The van der Waals surface area contributed by atoms with E-state index in [1.54, 1.807) is 4.90 Å². The topological polar surface area (TPSA) is 113 Å². The maximum Gasteiger partial charge on any atom is 0.410 e. The molecule has 2 aromatic carbocycles. The van der Waals surface area contributed by atoms with E-state index in [9.17, 15) is 4.79 Å². The molecule has 2 N–H and O–H groups in total. The Morgan fingerprint density at radius 1 is 0.881 bits per heavy atom. The van der Waals surface area contributed by atoms with Crippen molar-refractivity contribution in [3.63, 3.8) is 0 Å². The maximum atomic E-state index is 12.8. The van der Waals surface area contributed by atoms with Gasteiger partial charge in [-0.25, -0.2) is 19.7 Å². The van der Waals surface area contributed by atoms with Gasteiger partial charge in [0.1, 0.15) is 22.8 Å². The summed E-state index contributed by atoms with van der Waals surface area (Å²) in [7, 11) is 0. The molecule has 1 saturated carbocycles. The standard InChI is InChI=1S/C33H36N6O3/c1-33(2,3)42-32(40)39-16-6-9-27(39)30-35-19-26(37-30)23-14-15-28-24(17-23)38-31(41-28)22-12-10-20(11-13-22)25-18-34-29(36-25)21-7-4-5-8-21/h10-15,17-19,21,27H,4-9,16H2,1-3H3,(H,34,36)(H,35,37)/t27-/m1/s1. The molecule has 2 fully saturated rings. The van der Waals surface area contributed by atoms with Gasteiger partial charge < -0.3 is 19.1 Å². The van der Waals surface area contributed by atoms with Gasteiger partial charge in [-0.1, -0.05) is 25.0 Å². The van der Waals surface area contributed by atoms with Crippen LogP contribution in [-0.2, 0) is 4.74 Å². The maximum absolute atomic E-state index is 12.8. The van der Waals surface area contributed by atoms with Crippen molar-refractivity contribution in [3.05, 3.63) is 66.5 Å². The quantitative estimate of drug-likeness (QED) is 0.224. The predicted molar refractivity (Wildman–Crippen MR) is 161 cm³/mol. The van der Waals surface area contributed by atoms with Crippen LogP contribution in [0.1, 0.15) is 82.9 Å². The van der Waals surface area contributed by atoms with E-state index in [4.69, 9.17) is 14.1 Å². The Labute approximate surface area is 244 Å². The zero-order valence-electron chi connectivity index (χ0n) is 24.3. The van der Waals surface area contributed by atoms with Gasteiger partial charge in [0.05, 0.1) is 29.8 Å². The highest BCUT2D eigenvalue weighted by Crippen LogP contribution is 2.35. The molecule has 3 aromatic heterocycles. The lowest BCUT2D eigenvalue weighted by Gasteiger charge is -2.27. The van der Waals surface area contributed by atoms with E-state index in [1.165, 1.54) is 25.7 Å². The molecule has 4 heterocycles. The summed E-state index contributed by atoms with van der Waals surface area (Å²) in [5.41, 5.74) is 5.83. The van der Waals surface area contributed by atoms with Gasteiger partial charge in [-0.15, -0.1) is 0 Å². The number of benzene rings is 2. The molecule has 1 saturated heterocycles. The Morgan fingerprint density at radius 2 is 1.55 bits per heavy atom. The van der Waals surface area contributed by atoms with E-state index in [1.807, 2.05) is 63.5 Å². The number of imidazole rings is 2. The summed E-state index contributed by atoms with van der Waals surface area (Å²) >= 11 is 0. The van der Waals surface area contributed by atoms with Gasteiger partial charge in [-0.2, -0.15) is 0 Å². The van der Waals surface area contributed by atoms with E-state index in [0.717, 1.165) is 63.7 Å². The van der Waals surface area contributed by atoms with Crippen LogP contribution in [0.3, 0.4) is 0 Å². The third-order valence-corrected chi connectivity index (χ3v) is 8.27. The second kappa shape index (κ2) is 10.5. The van der Waals surface area contributed by atoms with Crippen LogP contribution >= 0.6 is 0 Å². The molecule has 0 unspecified atom stereocenters. The molecule has 7 rings (SSSR count). The summed E-state index contributed by atoms with van der Waals surface area (Å²) in [6, 6.07) is 14.0. The van der Waals surface area contributed by atoms with Crippen LogP contribution in [0.15, 0.2) is 59.3 Å². The molecule has 42 heavy (non-hydrogen) atoms. The minimum atomic E-state index is -0.537. The first-order valence-corrected chi connectivity index (χ1v) is 14.9. The first kappa shape index (κ1) is 26.5. The number of hydrogen-bond donors (Lipinski definition) is 2. The van der Waals surface area contributed by atoms with Crippen molar-refractivity contribution >= 4 is 17.2 Å². The number of amides is 1. The van der Waals surface area contributed by atoms with Gasteiger partial charge in [0.2, 0.25) is 5.89 Å². The number of nitrogens with zero attached hydrogens (tertiary/aromatic N) is 4. The summed E-state index contributed by atoms with van der Waals surface area (Å²) in [4.78, 5) is 35.6. The van der Waals surface area contributed by atoms with Crippen LogP contribution in [0.25, 0.3) is 45.1 Å². The fraction of sp³-hybridized carbons (Fsp3) is 0.394. The minimum absolute atomic E-state index is 0.130. The highest BCUT2D eigenvalue weighted by molar-refractivity contribution is 5.82. The number of oxazole rings is 1. The van der Waals surface area contributed by atoms with Gasteiger partial charge in [-0.3, -0.25) is 4.90 Å². The molecule has 216 valence electrons. The predicted octanol–water partition coefficient (Wildman–Crippen LogP) is 8.00. The van der Waals surface area contributed by atoms with Crippen LogP contribution in [0.4, 0.5) is 4.79 Å². The lowest BCUT2D eigenvalue weighted by molar-refractivity contribution is 0.0218. The molecular formula is C33H36N6O3. The lowest BCUT2D eigenvalue weighted by atomic mass is 10.1. The number of hydrogen-bond acceptors (Lipinski definition) is 6. The molecule has 9 nitrogen and oxygen atoms in total. The first-order chi connectivity index (χ1) is 20.3. The number of H-pyrrole nitrogens is 2. The number of nitrogens with one attached hydrogen (secondary N) is 2. The zero-order chi connectivity index (χ0) is 28.8. The van der Waals surface area contributed by atoms with Crippen LogP contribution < -0.4 is 0 Å². The highest BCUT2D eigenvalue weighted by Gasteiger charge is 2.35. The van der Waals surface area contributed by atoms with Crippen molar-refractivity contribution in [3.8, 4) is 34.0 Å². The summed E-state index contributed by atoms with van der Waals surface area (Å²) < 4.78 is 11.7. The van der Waals surface area contributed by atoms with Crippen molar-refractivity contribution in [1.29, 1.82) is 0 Å². The summed E-state index contributed by atoms with van der Waals surface area (Å²) in [6.07, 6.45) is 10.2. The van der Waals surface area contributed by atoms with Gasteiger partial charge >= 0.3 is 6.09 Å². The normalized spacial score (nSPS) is 17.9. The largest absolute Gasteiger partial charge is 0.444 e. The monoisotopic (exact) mass is 564 g/mol. The van der Waals surface area contributed by atoms with Crippen LogP contribution in [0.2, 0.25) is 0 Å². The van der Waals surface area contributed by atoms with Crippen molar-refractivity contribution in [2.24, 2.45) is 0 Å². The molecule has 0 bridgehead atoms. The second-order valence-corrected chi connectivity index (χ2v) is 12.5. The lowest BCUT2D eigenvalue weighted by Crippen LogP contribution is -2.36. The number of aromatic amines is 2. The SMILES string of the molecule is CC(C)(C)OC(=O)N1CCC[C@@H]1c1ncc(-c2ccc3oc(-c4ccc(-c5cnc(C6CCCC6)[nH]5)cc4)nc3c2)[nH]1. The van der Waals surface area contributed by atoms with Crippen molar-refractivity contribution < 1.29 is 13.9 Å². The Kier molecular flexibility index (Phi) is 6.60. The van der Waals surface area contributed by atoms with Gasteiger partial charge in [0, 0.05) is 23.6 Å². The smallest absolute Gasteiger partial charge is 0.410 e. The Morgan fingerprint density at radius 3 is 2.31 bits per heavy atom. The van der Waals surface area contributed by atoms with E-state index in [2.05, 4.69) is 32.1 Å². The third-order valence-electron chi connectivity index (χ3n) is 8.27. The fourth-order valence-corrected chi connectivity index (χ4v) is 6.14. The van der Waals surface area contributed by atoms with Crippen LogP contribution in [0.5, 0.6) is 0 Å². The Bertz CT molecular complexity index is 1720. The molecule has 2 aliphatic rings. The molecule has 1 aliphatic carbocycles. The number of carbonyl (C=O) groups excluding carboxylic acids is 1. The number of rotatable bonds is 5. The van der Waals surface area contributed by atoms with E-state index >= 15 is 0 Å². The average molecular weight is 565 g/mol. The van der Waals surface area contributed by atoms with Crippen LogP contribution in [-0.4, -0.2) is 48.1 Å². The molecular weight excluding hydrogens is 528 g/mol. The zero-order valence-corrected chi connectivity index (χ0v) is 24.3. The average Bonchev–Trinajstić information content (AvgIpc) is 3.79. The fourth-order valence-electron chi connectivity index (χ4n) is 6.14. The molecule has 5 aromatic rings. The third kappa shape index (κ3) is 5.19. The number of aromatic nitrogens is 5. The Balaban J connectivity index is 1.08. The second-order valence-electron chi connectivity index (χ2n) is 12.5. The van der Waals surface area contributed by atoms with Crippen molar-refractivity contribution in [2.45, 2.75) is 76.9 Å². The number of ether oxygens (including phenoxy) is 1. The molecule has 9 heteroatoms. The Hall–Kier alpha value is -4.40. The van der Waals surface area contributed by atoms with Crippen LogP contribution in [0, 0.1) is 0 Å². The molecule has 0 spiro atoms. The minimum Gasteiger partial charge on any atom is -0.444 e. The van der Waals surface area contributed by atoms with E-state index < -0.39 is 5.60 Å². The van der Waals surface area contributed by atoms with E-state index in [-0.39, 0.29) is 12.1 Å². The summed E-state index contributed by atoms with van der Waals surface area (Å²) in [5, 5.41) is 0. The highest BCUT2D eigenvalue weighted by atomic mass is 16.6. The van der Waals surface area contributed by atoms with Crippen molar-refractivity contribution in [1.82, 2.24) is 29.8 Å². The van der Waals surface area contributed by atoms with E-state index in [0.29, 0.717) is 18.4 Å². The van der Waals surface area contributed by atoms with Gasteiger partial charge in [0.25, 0.3) is 0 Å². The number of likely N-dealkylation sites (tertiary alicyclic amines) is 1. The first-order valence-electron chi connectivity index (χ1n) is 14.9. The van der Waals surface area contributed by atoms with Gasteiger partial charge in [-0.05, 0) is 82.3 Å². The number of fused-ring (bicyclic) bond motifs is 1. The summed E-state index contributed by atoms with van der Waals surface area (Å²) in [6.45, 7) is 6.31. The molecule has 1 aliphatic heterocycles. The molecule has 1 atom stereocenters. The summed E-state index contributed by atoms with van der Waals surface area (Å²) in [5.74, 6) is 3.01. The molecule has 0 radical (unpaired) electrons.